The summed E-state index contributed by atoms with van der Waals surface area (Å²) in [5.41, 5.74) is 0.805. The van der Waals surface area contributed by atoms with E-state index in [1.807, 2.05) is 49.5 Å². The Labute approximate surface area is 228 Å². The Morgan fingerprint density at radius 3 is 2.69 bits per heavy atom. The molecule has 204 valence electrons. The summed E-state index contributed by atoms with van der Waals surface area (Å²) in [4.78, 5) is 44.5. The highest BCUT2D eigenvalue weighted by molar-refractivity contribution is 6.15. The first-order valence-electron chi connectivity index (χ1n) is 13.9. The molecule has 0 radical (unpaired) electrons. The number of H-pyrrole nitrogens is 1. The summed E-state index contributed by atoms with van der Waals surface area (Å²) in [6.45, 7) is 7.90. The number of carbonyl (C=O) groups excluding carboxylic acids is 3. The minimum Gasteiger partial charge on any atom is -0.381 e. The van der Waals surface area contributed by atoms with Gasteiger partial charge in [0, 0.05) is 35.0 Å². The molecule has 3 fully saturated rings. The fourth-order valence-electron chi connectivity index (χ4n) is 7.66. The Morgan fingerprint density at radius 2 is 1.90 bits per heavy atom. The Morgan fingerprint density at radius 1 is 1.13 bits per heavy atom. The predicted octanol–water partition coefficient (Wildman–Crippen LogP) is 3.83. The number of benzene rings is 1. The van der Waals surface area contributed by atoms with Crippen molar-refractivity contribution in [2.45, 2.75) is 64.4 Å². The van der Waals surface area contributed by atoms with Gasteiger partial charge < -0.3 is 20.1 Å². The zero-order valence-corrected chi connectivity index (χ0v) is 22.8. The normalized spacial score (nSPS) is 40.1. The fourth-order valence-corrected chi connectivity index (χ4v) is 7.66. The van der Waals surface area contributed by atoms with E-state index >= 15 is 0 Å². The predicted molar refractivity (Wildman–Crippen MR) is 148 cm³/mol. The molecule has 1 aromatic heterocycles. The molecule has 9 atom stereocenters. The number of epoxide rings is 1. The van der Waals surface area contributed by atoms with E-state index in [0.29, 0.717) is 18.4 Å². The maximum absolute atomic E-state index is 14.2. The summed E-state index contributed by atoms with van der Waals surface area (Å²) < 4.78 is 6.33. The highest BCUT2D eigenvalue weighted by Crippen LogP contribution is 2.66. The van der Waals surface area contributed by atoms with Crippen molar-refractivity contribution in [1.82, 2.24) is 10.3 Å². The van der Waals surface area contributed by atoms with E-state index in [1.165, 1.54) is 6.08 Å². The number of allylic oxidation sites excluding steroid dienone is 3. The van der Waals surface area contributed by atoms with Crippen LogP contribution in [0.25, 0.3) is 10.9 Å². The second-order valence-electron chi connectivity index (χ2n) is 12.1. The highest BCUT2D eigenvalue weighted by atomic mass is 16.6. The van der Waals surface area contributed by atoms with Gasteiger partial charge in [0.05, 0.1) is 11.7 Å². The number of carbonyl (C=O) groups is 3. The molecule has 4 aliphatic rings. The molecule has 1 saturated carbocycles. The molecule has 1 amide bonds. The van der Waals surface area contributed by atoms with E-state index in [2.05, 4.69) is 30.2 Å². The van der Waals surface area contributed by atoms with Gasteiger partial charge >= 0.3 is 0 Å². The number of nitrogens with one attached hydrogen (secondary N) is 2. The lowest BCUT2D eigenvalue weighted by molar-refractivity contribution is -0.145. The van der Waals surface area contributed by atoms with E-state index in [-0.39, 0.29) is 35.8 Å². The molecular formula is C32H36N2O5. The average molecular weight is 529 g/mol. The van der Waals surface area contributed by atoms with Crippen molar-refractivity contribution >= 4 is 28.4 Å². The standard InChI is InChI=1S/C32H36N2O5/c1-17-8-7-10-22-29-31(4,39-29)19(3)27-24(15-20-16-33-23-11-6-5-9-21(20)23)34-30(38)32(22,27)26(36)13-12-25(35)28(37)18(2)14-17/h5-7,9-14,16-17,19,22,24,27-29,33,37H,8,15H2,1-4H3,(H,34,38)/t17-,19-,22+,24-,27-,28+,29-,31+,32-/m0/s1. The zero-order valence-electron chi connectivity index (χ0n) is 22.8. The lowest BCUT2D eigenvalue weighted by atomic mass is 9.51. The van der Waals surface area contributed by atoms with Gasteiger partial charge in [-0.1, -0.05) is 50.3 Å². The van der Waals surface area contributed by atoms with Gasteiger partial charge in [-0.15, -0.1) is 0 Å². The van der Waals surface area contributed by atoms with Crippen LogP contribution in [0.3, 0.4) is 0 Å². The van der Waals surface area contributed by atoms with Gasteiger partial charge in [0.2, 0.25) is 5.91 Å². The SMILES string of the molecule is CC1=C[C@@H](C)CC=C[C@@H]2[C@@H]3O[C@]3(C)[C@@H](C)[C@H]3[C@H](Cc4c[nH]c5ccccc45)NC(=O)[C@@]32C(=O)C=CC(=O)[C@@H]1O. The van der Waals surface area contributed by atoms with Crippen molar-refractivity contribution in [2.75, 3.05) is 0 Å². The van der Waals surface area contributed by atoms with Crippen LogP contribution in [-0.4, -0.2) is 51.4 Å². The van der Waals surface area contributed by atoms with Gasteiger partial charge in [-0.3, -0.25) is 14.4 Å². The van der Waals surface area contributed by atoms with Gasteiger partial charge in [-0.05, 0) is 67.9 Å². The van der Waals surface area contributed by atoms with E-state index in [0.717, 1.165) is 22.5 Å². The first-order valence-corrected chi connectivity index (χ1v) is 13.9. The molecule has 2 saturated heterocycles. The van der Waals surface area contributed by atoms with Gasteiger partial charge in [-0.25, -0.2) is 0 Å². The Bertz CT molecular complexity index is 1450. The number of hydrogen-bond acceptors (Lipinski definition) is 5. The number of fused-ring (bicyclic) bond motifs is 3. The van der Waals surface area contributed by atoms with E-state index in [9.17, 15) is 19.5 Å². The van der Waals surface area contributed by atoms with Gasteiger partial charge in [0.25, 0.3) is 0 Å². The van der Waals surface area contributed by atoms with E-state index < -0.39 is 34.6 Å². The van der Waals surface area contributed by atoms with Crippen LogP contribution in [0.1, 0.15) is 39.7 Å². The smallest absolute Gasteiger partial charge is 0.235 e. The Balaban J connectivity index is 1.46. The quantitative estimate of drug-likeness (QED) is 0.312. The van der Waals surface area contributed by atoms with Crippen LogP contribution >= 0.6 is 0 Å². The Hall–Kier alpha value is -3.29. The first kappa shape index (κ1) is 26.0. The molecule has 39 heavy (non-hydrogen) atoms. The number of ketones is 2. The monoisotopic (exact) mass is 528 g/mol. The maximum atomic E-state index is 14.2. The molecule has 1 aromatic carbocycles. The number of aliphatic hydroxyl groups excluding tert-OH is 1. The molecule has 2 aliphatic heterocycles. The van der Waals surface area contributed by atoms with Gasteiger partial charge in [-0.2, -0.15) is 0 Å². The molecule has 7 nitrogen and oxygen atoms in total. The molecule has 0 unspecified atom stereocenters. The van der Waals surface area contributed by atoms with Crippen molar-refractivity contribution in [3.8, 4) is 0 Å². The lowest BCUT2D eigenvalue weighted by Gasteiger charge is -2.45. The molecule has 2 aromatic rings. The number of rotatable bonds is 2. The Kier molecular flexibility index (Phi) is 6.08. The molecule has 3 N–H and O–H groups in total. The number of aromatic nitrogens is 1. The summed E-state index contributed by atoms with van der Waals surface area (Å²) in [6, 6.07) is 7.77. The third kappa shape index (κ3) is 3.81. The topological polar surface area (TPSA) is 112 Å². The van der Waals surface area contributed by atoms with Crippen molar-refractivity contribution in [3.63, 3.8) is 0 Å². The second-order valence-corrected chi connectivity index (χ2v) is 12.1. The van der Waals surface area contributed by atoms with Crippen LogP contribution in [0, 0.1) is 29.1 Å². The van der Waals surface area contributed by atoms with Crippen LogP contribution in [0.5, 0.6) is 0 Å². The van der Waals surface area contributed by atoms with Crippen LogP contribution in [0.15, 0.2) is 66.4 Å². The molecule has 7 heteroatoms. The number of para-hydroxylation sites is 1. The number of aromatic amines is 1. The van der Waals surface area contributed by atoms with E-state index in [4.69, 9.17) is 4.74 Å². The number of amides is 1. The molecular weight excluding hydrogens is 492 g/mol. The summed E-state index contributed by atoms with van der Waals surface area (Å²) in [6.07, 6.45) is 9.89. The number of hydrogen-bond donors (Lipinski definition) is 3. The van der Waals surface area contributed by atoms with Crippen molar-refractivity contribution < 1.29 is 24.2 Å². The summed E-state index contributed by atoms with van der Waals surface area (Å²) in [5, 5.41) is 14.9. The van der Waals surface area contributed by atoms with Crippen molar-refractivity contribution in [3.05, 3.63) is 72.0 Å². The largest absolute Gasteiger partial charge is 0.381 e. The lowest BCUT2D eigenvalue weighted by Crippen LogP contribution is -2.58. The van der Waals surface area contributed by atoms with Crippen LogP contribution in [-0.2, 0) is 25.5 Å². The summed E-state index contributed by atoms with van der Waals surface area (Å²) in [7, 11) is 0. The van der Waals surface area contributed by atoms with Gasteiger partial charge in [0.15, 0.2) is 11.6 Å². The average Bonchev–Trinajstić information content (AvgIpc) is 3.31. The third-order valence-electron chi connectivity index (χ3n) is 9.86. The van der Waals surface area contributed by atoms with Gasteiger partial charge in [0.1, 0.15) is 11.5 Å². The van der Waals surface area contributed by atoms with Crippen LogP contribution in [0.4, 0.5) is 0 Å². The highest BCUT2D eigenvalue weighted by Gasteiger charge is 2.78. The molecule has 2 aliphatic carbocycles. The molecule has 3 heterocycles. The van der Waals surface area contributed by atoms with Crippen molar-refractivity contribution in [2.24, 2.45) is 29.1 Å². The second kappa shape index (κ2) is 9.14. The maximum Gasteiger partial charge on any atom is 0.235 e. The molecule has 1 spiro atoms. The summed E-state index contributed by atoms with van der Waals surface area (Å²) >= 11 is 0. The minimum absolute atomic E-state index is 0.0666. The fraction of sp³-hybridized carbons (Fsp3) is 0.469. The minimum atomic E-state index is -1.41. The first-order chi connectivity index (χ1) is 18.6. The third-order valence-corrected chi connectivity index (χ3v) is 9.86. The number of aliphatic hydroxyl groups is 1. The van der Waals surface area contributed by atoms with Crippen LogP contribution in [0.2, 0.25) is 0 Å². The van der Waals surface area contributed by atoms with Crippen molar-refractivity contribution in [1.29, 1.82) is 0 Å². The zero-order chi connectivity index (χ0) is 27.7. The molecule has 0 bridgehead atoms. The summed E-state index contributed by atoms with van der Waals surface area (Å²) in [5.74, 6) is -2.11. The number of ether oxygens (including phenoxy) is 1. The van der Waals surface area contributed by atoms with Crippen LogP contribution < -0.4 is 5.32 Å². The van der Waals surface area contributed by atoms with E-state index in [1.54, 1.807) is 6.92 Å². The molecule has 6 rings (SSSR count).